The molecule has 0 amide bonds. The Morgan fingerprint density at radius 1 is 1.10 bits per heavy atom. The lowest BCUT2D eigenvalue weighted by atomic mass is 10.2. The predicted molar refractivity (Wildman–Crippen MR) is 86.1 cm³/mol. The van der Waals surface area contributed by atoms with Gasteiger partial charge in [0.2, 0.25) is 0 Å². The quantitative estimate of drug-likeness (QED) is 0.518. The molecule has 2 N–H and O–H groups in total. The summed E-state index contributed by atoms with van der Waals surface area (Å²) in [6.45, 7) is 0. The number of aromatic amines is 1. The van der Waals surface area contributed by atoms with Crippen molar-refractivity contribution in [2.24, 2.45) is 0 Å². The zero-order valence-corrected chi connectivity index (χ0v) is 12.4. The molecule has 0 saturated heterocycles. The molecular weight excluding hydrogens is 367 g/mol. The summed E-state index contributed by atoms with van der Waals surface area (Å²) in [6, 6.07) is 14.1. The summed E-state index contributed by atoms with van der Waals surface area (Å²) in [7, 11) is 0. The van der Waals surface area contributed by atoms with E-state index in [9.17, 15) is 0 Å². The van der Waals surface area contributed by atoms with Crippen LogP contribution in [0.1, 0.15) is 0 Å². The van der Waals surface area contributed by atoms with Crippen LogP contribution in [0.3, 0.4) is 0 Å². The molecule has 2 aromatic carbocycles. The van der Waals surface area contributed by atoms with Gasteiger partial charge >= 0.3 is 0 Å². The number of fused-ring (bicyclic) bond motifs is 2. The summed E-state index contributed by atoms with van der Waals surface area (Å²) in [5.41, 5.74) is 3.42. The van der Waals surface area contributed by atoms with Crippen LogP contribution in [-0.4, -0.2) is 15.2 Å². The molecule has 2 aromatic heterocycles. The topological polar surface area (TPSA) is 66.7 Å². The molecular formula is C14H9IN4O. The van der Waals surface area contributed by atoms with E-state index in [1.54, 1.807) is 0 Å². The molecule has 0 atom stereocenters. The Hall–Kier alpha value is -2.09. The normalized spacial score (nSPS) is 11.2. The summed E-state index contributed by atoms with van der Waals surface area (Å²) >= 11 is 2.23. The highest BCUT2D eigenvalue weighted by Crippen LogP contribution is 2.25. The third-order valence-electron chi connectivity index (χ3n) is 3.05. The van der Waals surface area contributed by atoms with Gasteiger partial charge in [0.15, 0.2) is 5.58 Å². The third kappa shape index (κ3) is 1.92. The van der Waals surface area contributed by atoms with Crippen molar-refractivity contribution in [2.45, 2.75) is 0 Å². The SMILES string of the molecule is Ic1[nH]nc2cc(Nc3nc4ccccc4o3)ccc12. The maximum Gasteiger partial charge on any atom is 0.300 e. The van der Waals surface area contributed by atoms with Gasteiger partial charge in [-0.1, -0.05) is 12.1 Å². The number of H-pyrrole nitrogens is 1. The van der Waals surface area contributed by atoms with Crippen LogP contribution in [0.4, 0.5) is 11.7 Å². The van der Waals surface area contributed by atoms with E-state index in [0.29, 0.717) is 6.01 Å². The minimum Gasteiger partial charge on any atom is -0.423 e. The molecule has 98 valence electrons. The highest BCUT2D eigenvalue weighted by atomic mass is 127. The van der Waals surface area contributed by atoms with E-state index in [2.05, 4.69) is 43.1 Å². The number of halogens is 1. The molecule has 0 aliphatic heterocycles. The molecule has 0 spiro atoms. The maximum absolute atomic E-state index is 5.64. The van der Waals surface area contributed by atoms with Gasteiger partial charge in [-0.05, 0) is 52.9 Å². The van der Waals surface area contributed by atoms with Crippen LogP contribution in [0, 0.1) is 3.70 Å². The summed E-state index contributed by atoms with van der Waals surface area (Å²) in [5, 5.41) is 11.5. The number of benzene rings is 2. The lowest BCUT2D eigenvalue weighted by Gasteiger charge is -2.00. The van der Waals surface area contributed by atoms with E-state index in [1.807, 2.05) is 42.5 Å². The maximum atomic E-state index is 5.64. The van der Waals surface area contributed by atoms with Crippen molar-refractivity contribution in [3.63, 3.8) is 0 Å². The number of nitrogens with zero attached hydrogens (tertiary/aromatic N) is 2. The van der Waals surface area contributed by atoms with Crippen LogP contribution in [0.2, 0.25) is 0 Å². The van der Waals surface area contributed by atoms with Crippen molar-refractivity contribution in [1.82, 2.24) is 15.2 Å². The Morgan fingerprint density at radius 3 is 2.90 bits per heavy atom. The highest BCUT2D eigenvalue weighted by Gasteiger charge is 2.07. The van der Waals surface area contributed by atoms with Gasteiger partial charge in [0, 0.05) is 11.1 Å². The Balaban J connectivity index is 1.72. The Bertz CT molecular complexity index is 879. The first-order chi connectivity index (χ1) is 9.79. The Morgan fingerprint density at radius 2 is 2.00 bits per heavy atom. The zero-order valence-electron chi connectivity index (χ0n) is 10.2. The fraction of sp³-hybridized carbons (Fsp3) is 0. The van der Waals surface area contributed by atoms with E-state index < -0.39 is 0 Å². The number of oxazole rings is 1. The number of anilines is 2. The molecule has 0 saturated carbocycles. The van der Waals surface area contributed by atoms with Gasteiger partial charge in [-0.15, -0.1) is 0 Å². The second kappa shape index (κ2) is 4.48. The van der Waals surface area contributed by atoms with Crippen molar-refractivity contribution in [1.29, 1.82) is 0 Å². The first-order valence-corrected chi connectivity index (χ1v) is 7.14. The fourth-order valence-corrected chi connectivity index (χ4v) is 2.68. The number of hydrogen-bond donors (Lipinski definition) is 2. The van der Waals surface area contributed by atoms with Gasteiger partial charge in [0.05, 0.1) is 5.52 Å². The van der Waals surface area contributed by atoms with E-state index in [0.717, 1.165) is 31.4 Å². The van der Waals surface area contributed by atoms with Gasteiger partial charge in [-0.3, -0.25) is 5.10 Å². The second-order valence-electron chi connectivity index (χ2n) is 4.38. The number of aromatic nitrogens is 3. The molecule has 0 radical (unpaired) electrons. The number of rotatable bonds is 2. The van der Waals surface area contributed by atoms with Crippen LogP contribution >= 0.6 is 22.6 Å². The molecule has 0 aliphatic carbocycles. The number of nitrogens with one attached hydrogen (secondary N) is 2. The van der Waals surface area contributed by atoms with Crippen LogP contribution < -0.4 is 5.32 Å². The average molecular weight is 376 g/mol. The van der Waals surface area contributed by atoms with Gasteiger partial charge in [0.25, 0.3) is 6.01 Å². The smallest absolute Gasteiger partial charge is 0.300 e. The largest absolute Gasteiger partial charge is 0.423 e. The minimum atomic E-state index is 0.482. The van der Waals surface area contributed by atoms with Crippen LogP contribution in [0.25, 0.3) is 22.0 Å². The monoisotopic (exact) mass is 376 g/mol. The highest BCUT2D eigenvalue weighted by molar-refractivity contribution is 14.1. The van der Waals surface area contributed by atoms with Crippen molar-refractivity contribution in [2.75, 3.05) is 5.32 Å². The van der Waals surface area contributed by atoms with E-state index in [1.165, 1.54) is 0 Å². The van der Waals surface area contributed by atoms with Crippen molar-refractivity contribution < 1.29 is 4.42 Å². The molecule has 0 bridgehead atoms. The predicted octanol–water partition coefficient (Wildman–Crippen LogP) is 4.05. The molecule has 0 fully saturated rings. The minimum absolute atomic E-state index is 0.482. The molecule has 0 aliphatic rings. The lowest BCUT2D eigenvalue weighted by molar-refractivity contribution is 0.623. The van der Waals surface area contributed by atoms with Gasteiger partial charge < -0.3 is 9.73 Å². The third-order valence-corrected chi connectivity index (χ3v) is 3.88. The molecule has 2 heterocycles. The summed E-state index contributed by atoms with van der Waals surface area (Å²) in [6.07, 6.45) is 0. The van der Waals surface area contributed by atoms with Gasteiger partial charge in [-0.25, -0.2) is 0 Å². The first-order valence-electron chi connectivity index (χ1n) is 6.06. The van der Waals surface area contributed by atoms with E-state index in [4.69, 9.17) is 4.42 Å². The lowest BCUT2D eigenvalue weighted by Crippen LogP contribution is -1.89. The molecule has 4 aromatic rings. The summed E-state index contributed by atoms with van der Waals surface area (Å²) < 4.78 is 6.67. The van der Waals surface area contributed by atoms with E-state index in [-0.39, 0.29) is 0 Å². The molecule has 4 rings (SSSR count). The second-order valence-corrected chi connectivity index (χ2v) is 5.46. The first kappa shape index (κ1) is 11.7. The standard InChI is InChI=1S/C14H9IN4O/c15-13-9-6-5-8(7-11(9)18-19-13)16-14-17-10-3-1-2-4-12(10)20-14/h1-7H,(H,16,17)(H,18,19). The van der Waals surface area contributed by atoms with E-state index >= 15 is 0 Å². The number of hydrogen-bond acceptors (Lipinski definition) is 4. The summed E-state index contributed by atoms with van der Waals surface area (Å²) in [5.74, 6) is 0. The Labute approximate surface area is 127 Å². The molecule has 5 nitrogen and oxygen atoms in total. The molecule has 6 heteroatoms. The van der Waals surface area contributed by atoms with Crippen LogP contribution in [0.15, 0.2) is 46.9 Å². The Kier molecular flexibility index (Phi) is 2.62. The van der Waals surface area contributed by atoms with Crippen LogP contribution in [-0.2, 0) is 0 Å². The van der Waals surface area contributed by atoms with Crippen molar-refractivity contribution in [3.05, 3.63) is 46.2 Å². The molecule has 20 heavy (non-hydrogen) atoms. The number of para-hydroxylation sites is 2. The van der Waals surface area contributed by atoms with Gasteiger partial charge in [0.1, 0.15) is 9.22 Å². The van der Waals surface area contributed by atoms with Crippen LogP contribution in [0.5, 0.6) is 0 Å². The molecule has 0 unspecified atom stereocenters. The average Bonchev–Trinajstić information content (AvgIpc) is 3.02. The summed E-state index contributed by atoms with van der Waals surface area (Å²) in [4.78, 5) is 4.39. The van der Waals surface area contributed by atoms with Crippen molar-refractivity contribution in [3.8, 4) is 0 Å². The van der Waals surface area contributed by atoms with Crippen molar-refractivity contribution >= 4 is 56.3 Å². The zero-order chi connectivity index (χ0) is 13.5. The van der Waals surface area contributed by atoms with Gasteiger partial charge in [-0.2, -0.15) is 10.1 Å². The fourth-order valence-electron chi connectivity index (χ4n) is 2.11.